The third-order valence-electron chi connectivity index (χ3n) is 5.75. The lowest BCUT2D eigenvalue weighted by molar-refractivity contribution is -0.605. The molecule has 1 saturated carbocycles. The minimum absolute atomic E-state index is 0.273. The Bertz CT molecular complexity index is 1100. The van der Waals surface area contributed by atoms with Crippen molar-refractivity contribution >= 4 is 17.4 Å². The molecule has 2 heterocycles. The van der Waals surface area contributed by atoms with Crippen molar-refractivity contribution < 1.29 is 9.52 Å². The minimum Gasteiger partial charge on any atom is -0.619 e. The topological polar surface area (TPSA) is 105 Å². The van der Waals surface area contributed by atoms with Gasteiger partial charge in [-0.1, -0.05) is 25.0 Å². The molecule has 0 radical (unpaired) electrons. The average Bonchev–Trinajstić information content (AvgIpc) is 3.30. The molecule has 1 fully saturated rings. The zero-order valence-electron chi connectivity index (χ0n) is 17.0. The van der Waals surface area contributed by atoms with Gasteiger partial charge in [-0.15, -0.1) is 0 Å². The Kier molecular flexibility index (Phi) is 5.80. The Balaban J connectivity index is 1.45. The normalized spacial score (nSPS) is 14.5. The summed E-state index contributed by atoms with van der Waals surface area (Å²) in [5.41, 5.74) is 2.60. The molecule has 1 aliphatic rings. The highest BCUT2D eigenvalue weighted by Crippen LogP contribution is 2.40. The molecule has 1 aromatic carbocycles. The van der Waals surface area contributed by atoms with E-state index >= 15 is 0 Å². The number of aromatic nitrogens is 2. The number of benzene rings is 1. The van der Waals surface area contributed by atoms with Crippen LogP contribution in [-0.2, 0) is 12.0 Å². The molecule has 7 nitrogen and oxygen atoms in total. The van der Waals surface area contributed by atoms with Crippen LogP contribution in [0.25, 0.3) is 0 Å². The molecule has 7 heteroatoms. The van der Waals surface area contributed by atoms with Gasteiger partial charge in [0.2, 0.25) is 0 Å². The summed E-state index contributed by atoms with van der Waals surface area (Å²) < 4.78 is 0.722. The molecule has 0 unspecified atom stereocenters. The number of carbonyl (C=O) groups is 1. The lowest BCUT2D eigenvalue weighted by Crippen LogP contribution is -2.24. The second-order valence-corrected chi connectivity index (χ2v) is 7.75. The average molecular weight is 413 g/mol. The predicted molar refractivity (Wildman–Crippen MR) is 117 cm³/mol. The Hall–Kier alpha value is -3.92. The summed E-state index contributed by atoms with van der Waals surface area (Å²) in [7, 11) is 0. The van der Waals surface area contributed by atoms with Crippen LogP contribution in [0, 0.1) is 16.5 Å². The summed E-state index contributed by atoms with van der Waals surface area (Å²) in [6.45, 7) is 0.434. The molecule has 2 aromatic heterocycles. The Labute approximate surface area is 181 Å². The van der Waals surface area contributed by atoms with Gasteiger partial charge >= 0.3 is 0 Å². The third-order valence-corrected chi connectivity index (χ3v) is 5.75. The highest BCUT2D eigenvalue weighted by molar-refractivity contribution is 6.07. The van der Waals surface area contributed by atoms with E-state index in [-0.39, 0.29) is 5.91 Å². The van der Waals surface area contributed by atoms with E-state index in [2.05, 4.69) is 21.7 Å². The Morgan fingerprint density at radius 3 is 2.52 bits per heavy atom. The first-order chi connectivity index (χ1) is 15.1. The first-order valence-electron chi connectivity index (χ1n) is 10.3. The number of carbonyl (C=O) groups excluding carboxylic acids is 1. The van der Waals surface area contributed by atoms with Crippen molar-refractivity contribution in [2.24, 2.45) is 0 Å². The smallest absolute Gasteiger partial charge is 0.259 e. The number of rotatable bonds is 6. The van der Waals surface area contributed by atoms with Crippen LogP contribution in [0.1, 0.15) is 47.2 Å². The van der Waals surface area contributed by atoms with Crippen LogP contribution in [0.15, 0.2) is 67.1 Å². The van der Waals surface area contributed by atoms with Gasteiger partial charge in [0.15, 0.2) is 12.4 Å². The molecule has 3 aromatic rings. The van der Waals surface area contributed by atoms with Crippen LogP contribution in [0.3, 0.4) is 0 Å². The van der Waals surface area contributed by atoms with Crippen molar-refractivity contribution in [3.8, 4) is 6.07 Å². The van der Waals surface area contributed by atoms with Crippen molar-refractivity contribution in [2.75, 3.05) is 10.6 Å². The van der Waals surface area contributed by atoms with Crippen molar-refractivity contribution in [2.45, 2.75) is 37.6 Å². The molecule has 0 bridgehead atoms. The standard InChI is InChI=1S/C24H23N5O2/c25-17-24(11-1-2-12-24)19-5-7-20(8-6-19)28-23(30)21-4-3-13-26-22(21)27-16-18-9-14-29(31)15-10-18/h3-10,13-15H,1-2,11-12,16H2,(H,26,27)(H,28,30). The molecule has 0 atom stereocenters. The number of amides is 1. The van der Waals surface area contributed by atoms with E-state index in [0.29, 0.717) is 23.6 Å². The van der Waals surface area contributed by atoms with E-state index in [1.807, 2.05) is 24.3 Å². The van der Waals surface area contributed by atoms with Crippen molar-refractivity contribution in [1.29, 1.82) is 5.26 Å². The zero-order valence-corrected chi connectivity index (χ0v) is 17.0. The number of hydrogen-bond donors (Lipinski definition) is 2. The van der Waals surface area contributed by atoms with Gasteiger partial charge in [-0.2, -0.15) is 9.99 Å². The van der Waals surface area contributed by atoms with E-state index in [9.17, 15) is 15.3 Å². The predicted octanol–water partition coefficient (Wildman–Crippen LogP) is 3.91. The Morgan fingerprint density at radius 1 is 1.13 bits per heavy atom. The van der Waals surface area contributed by atoms with Crippen LogP contribution in [-0.4, -0.2) is 10.9 Å². The summed E-state index contributed by atoms with van der Waals surface area (Å²) >= 11 is 0. The third kappa shape index (κ3) is 4.48. The molecular formula is C24H23N5O2. The first-order valence-corrected chi connectivity index (χ1v) is 10.3. The summed E-state index contributed by atoms with van der Waals surface area (Å²) in [4.78, 5) is 17.1. The molecule has 1 aliphatic carbocycles. The van der Waals surface area contributed by atoms with Gasteiger partial charge in [-0.25, -0.2) is 4.98 Å². The van der Waals surface area contributed by atoms with Gasteiger partial charge in [0.25, 0.3) is 5.91 Å². The van der Waals surface area contributed by atoms with E-state index in [1.165, 1.54) is 12.4 Å². The first kappa shape index (κ1) is 20.4. The van der Waals surface area contributed by atoms with Crippen LogP contribution < -0.4 is 15.4 Å². The van der Waals surface area contributed by atoms with Gasteiger partial charge in [-0.3, -0.25) is 4.79 Å². The van der Waals surface area contributed by atoms with Crippen LogP contribution >= 0.6 is 0 Å². The maximum absolute atomic E-state index is 12.9. The lowest BCUT2D eigenvalue weighted by Gasteiger charge is -2.21. The van der Waals surface area contributed by atoms with Gasteiger partial charge < -0.3 is 15.8 Å². The highest BCUT2D eigenvalue weighted by Gasteiger charge is 2.35. The number of anilines is 2. The van der Waals surface area contributed by atoms with Crippen molar-refractivity contribution in [1.82, 2.24) is 4.98 Å². The van der Waals surface area contributed by atoms with Gasteiger partial charge in [0.1, 0.15) is 5.82 Å². The van der Waals surface area contributed by atoms with E-state index in [4.69, 9.17) is 0 Å². The molecule has 1 amide bonds. The molecule has 0 aliphatic heterocycles. The molecule has 31 heavy (non-hydrogen) atoms. The maximum Gasteiger partial charge on any atom is 0.259 e. The summed E-state index contributed by atoms with van der Waals surface area (Å²) in [6, 6.07) is 16.9. The van der Waals surface area contributed by atoms with Gasteiger partial charge in [-0.05, 0) is 48.2 Å². The molecule has 0 saturated heterocycles. The van der Waals surface area contributed by atoms with E-state index in [0.717, 1.165) is 41.5 Å². The second kappa shape index (κ2) is 8.84. The molecular weight excluding hydrogens is 390 g/mol. The maximum atomic E-state index is 12.9. The number of hydrogen-bond acceptors (Lipinski definition) is 5. The number of nitriles is 1. The van der Waals surface area contributed by atoms with Crippen molar-refractivity contribution in [3.05, 3.63) is 89.0 Å². The van der Waals surface area contributed by atoms with E-state index < -0.39 is 5.41 Å². The largest absolute Gasteiger partial charge is 0.619 e. The number of nitrogens with zero attached hydrogens (tertiary/aromatic N) is 3. The fourth-order valence-electron chi connectivity index (χ4n) is 3.99. The van der Waals surface area contributed by atoms with Crippen molar-refractivity contribution in [3.63, 3.8) is 0 Å². The molecule has 2 N–H and O–H groups in total. The Morgan fingerprint density at radius 2 is 1.84 bits per heavy atom. The fourth-order valence-corrected chi connectivity index (χ4v) is 3.99. The molecule has 4 rings (SSSR count). The van der Waals surface area contributed by atoms with Crippen LogP contribution in [0.5, 0.6) is 0 Å². The molecule has 0 spiro atoms. The van der Waals surface area contributed by atoms with Crippen LogP contribution in [0.2, 0.25) is 0 Å². The van der Waals surface area contributed by atoms with Gasteiger partial charge in [0.05, 0.1) is 17.0 Å². The van der Waals surface area contributed by atoms with E-state index in [1.54, 1.807) is 30.5 Å². The van der Waals surface area contributed by atoms with Crippen LogP contribution in [0.4, 0.5) is 11.5 Å². The quantitative estimate of drug-likeness (QED) is 0.471. The fraction of sp³-hybridized carbons (Fsp3) is 0.250. The number of nitrogens with one attached hydrogen (secondary N) is 2. The minimum atomic E-state index is -0.397. The summed E-state index contributed by atoms with van der Waals surface area (Å²) in [6.07, 6.45) is 8.38. The zero-order chi connectivity index (χ0) is 21.7. The highest BCUT2D eigenvalue weighted by atomic mass is 16.5. The SMILES string of the molecule is N#CC1(c2ccc(NC(=O)c3cccnc3NCc3cc[n+]([O-])cc3)cc2)CCCC1. The van der Waals surface area contributed by atoms with Gasteiger partial charge in [0, 0.05) is 30.6 Å². The second-order valence-electron chi connectivity index (χ2n) is 7.75. The summed E-state index contributed by atoms with van der Waals surface area (Å²) in [5.74, 6) is 0.189. The number of pyridine rings is 2. The summed E-state index contributed by atoms with van der Waals surface area (Å²) in [5, 5.41) is 26.9. The lowest BCUT2D eigenvalue weighted by atomic mass is 9.80. The monoisotopic (exact) mass is 413 g/mol. The molecule has 156 valence electrons.